The maximum atomic E-state index is 5.85. The van der Waals surface area contributed by atoms with Crippen LogP contribution in [0.5, 0.6) is 11.5 Å². The molecule has 0 bridgehead atoms. The van der Waals surface area contributed by atoms with Gasteiger partial charge in [0.25, 0.3) is 0 Å². The lowest BCUT2D eigenvalue weighted by atomic mass is 9.67. The number of rotatable bonds is 8. The summed E-state index contributed by atoms with van der Waals surface area (Å²) in [5, 5.41) is 0. The van der Waals surface area contributed by atoms with E-state index in [1.165, 1.54) is 22.3 Å². The van der Waals surface area contributed by atoms with Gasteiger partial charge in [0.05, 0.1) is 0 Å². The molecule has 0 spiro atoms. The molecule has 2 aromatic rings. The molecule has 0 amide bonds. The first-order valence-electron chi connectivity index (χ1n) is 11.1. The van der Waals surface area contributed by atoms with Crippen molar-refractivity contribution in [1.82, 2.24) is 0 Å². The van der Waals surface area contributed by atoms with E-state index in [1.807, 2.05) is 0 Å². The van der Waals surface area contributed by atoms with Gasteiger partial charge in [-0.15, -0.1) is 0 Å². The van der Waals surface area contributed by atoms with Crippen LogP contribution in [0.25, 0.3) is 0 Å². The maximum absolute atomic E-state index is 5.85. The fourth-order valence-corrected chi connectivity index (χ4v) is 4.01. The molecule has 0 aliphatic rings. The molecule has 168 valence electrons. The van der Waals surface area contributed by atoms with Gasteiger partial charge in [-0.2, -0.15) is 0 Å². The van der Waals surface area contributed by atoms with Crippen molar-refractivity contribution in [2.75, 3.05) is 13.2 Å². The Morgan fingerprint density at radius 1 is 0.613 bits per heavy atom. The van der Waals surface area contributed by atoms with Crippen molar-refractivity contribution >= 4 is 0 Å². The van der Waals surface area contributed by atoms with Crippen molar-refractivity contribution in [2.45, 2.75) is 71.6 Å². The van der Waals surface area contributed by atoms with Crippen LogP contribution in [-0.2, 0) is 16.2 Å². The van der Waals surface area contributed by atoms with E-state index < -0.39 is 0 Å². The molecule has 0 aromatic heterocycles. The summed E-state index contributed by atoms with van der Waals surface area (Å²) >= 11 is 0. The van der Waals surface area contributed by atoms with Crippen molar-refractivity contribution in [1.29, 1.82) is 0 Å². The number of benzene rings is 2. The fourth-order valence-electron chi connectivity index (χ4n) is 4.01. The molecule has 2 heteroatoms. The fraction of sp³-hybridized carbons (Fsp3) is 0.448. The number of hydrogen-bond donors (Lipinski definition) is 0. The maximum Gasteiger partial charge on any atom is 0.120 e. The van der Waals surface area contributed by atoms with Crippen LogP contribution in [0.4, 0.5) is 0 Å². The monoisotopic (exact) mass is 420 g/mol. The lowest BCUT2D eigenvalue weighted by Gasteiger charge is -2.37. The van der Waals surface area contributed by atoms with E-state index in [-0.39, 0.29) is 16.2 Å². The second kappa shape index (κ2) is 9.34. The van der Waals surface area contributed by atoms with E-state index in [2.05, 4.69) is 105 Å². The normalized spacial score (nSPS) is 12.4. The smallest absolute Gasteiger partial charge is 0.120 e. The molecule has 0 saturated heterocycles. The van der Waals surface area contributed by atoms with E-state index in [0.29, 0.717) is 13.2 Å². The van der Waals surface area contributed by atoms with Gasteiger partial charge in [0.2, 0.25) is 0 Å². The molecule has 0 fully saturated rings. The van der Waals surface area contributed by atoms with Crippen molar-refractivity contribution in [3.63, 3.8) is 0 Å². The summed E-state index contributed by atoms with van der Waals surface area (Å²) in [5.41, 5.74) is 4.99. The quantitative estimate of drug-likeness (QED) is 0.407. The average Bonchev–Trinajstić information content (AvgIpc) is 2.68. The summed E-state index contributed by atoms with van der Waals surface area (Å²) in [4.78, 5) is 0. The van der Waals surface area contributed by atoms with E-state index in [0.717, 1.165) is 11.5 Å². The molecule has 0 atom stereocenters. The van der Waals surface area contributed by atoms with Crippen molar-refractivity contribution in [3.8, 4) is 11.5 Å². The van der Waals surface area contributed by atoms with Gasteiger partial charge in [-0.1, -0.05) is 92.8 Å². The highest BCUT2D eigenvalue weighted by atomic mass is 16.5. The molecule has 0 aliphatic carbocycles. The Morgan fingerprint density at radius 3 is 1.26 bits per heavy atom. The van der Waals surface area contributed by atoms with Crippen LogP contribution >= 0.6 is 0 Å². The molecule has 0 heterocycles. The van der Waals surface area contributed by atoms with Crippen LogP contribution in [0.1, 0.15) is 77.6 Å². The zero-order chi connectivity index (χ0) is 23.4. The third kappa shape index (κ3) is 5.81. The van der Waals surface area contributed by atoms with Crippen molar-refractivity contribution in [3.05, 3.63) is 84.0 Å². The highest BCUT2D eigenvalue weighted by molar-refractivity contribution is 5.52. The van der Waals surface area contributed by atoms with Crippen LogP contribution in [0, 0.1) is 0 Å². The first kappa shape index (κ1) is 24.8. The van der Waals surface area contributed by atoms with Crippen LogP contribution in [0.2, 0.25) is 0 Å². The molecule has 0 saturated carbocycles. The molecular formula is C29H40O2. The topological polar surface area (TPSA) is 18.5 Å². The minimum Gasteiger partial charge on any atom is -0.490 e. The molecule has 2 nitrogen and oxygen atoms in total. The van der Waals surface area contributed by atoms with Gasteiger partial charge in [-0.05, 0) is 57.3 Å². The van der Waals surface area contributed by atoms with Crippen LogP contribution in [0.15, 0.2) is 61.7 Å². The zero-order valence-corrected chi connectivity index (χ0v) is 20.8. The third-order valence-corrected chi connectivity index (χ3v) is 5.68. The Hall–Kier alpha value is -2.48. The first-order chi connectivity index (χ1) is 14.3. The SMILES string of the molecule is C=CCOc1ccc(C(C)(C)c2ccc(OCC=C)cc2C(C)(C)C)c(C(C)(C)C)c1. The Bertz CT molecular complexity index is 845. The van der Waals surface area contributed by atoms with Gasteiger partial charge in [-0.25, -0.2) is 0 Å². The summed E-state index contributed by atoms with van der Waals surface area (Å²) in [5.74, 6) is 1.77. The lowest BCUT2D eigenvalue weighted by molar-refractivity contribution is 0.360. The number of ether oxygens (including phenoxy) is 2. The van der Waals surface area contributed by atoms with Gasteiger partial charge in [0.15, 0.2) is 0 Å². The standard InChI is InChI=1S/C29H40O2/c1-11-17-30-21-13-15-23(25(19-21)27(3,4)5)29(9,10)24-16-14-22(31-18-12-2)20-26(24)28(6,7)8/h11-16,19-20H,1-2,17-18H2,3-10H3. The third-order valence-electron chi connectivity index (χ3n) is 5.68. The molecule has 0 unspecified atom stereocenters. The van der Waals surface area contributed by atoms with Gasteiger partial charge in [-0.3, -0.25) is 0 Å². The van der Waals surface area contributed by atoms with Crippen LogP contribution in [0.3, 0.4) is 0 Å². The summed E-state index contributed by atoms with van der Waals surface area (Å²) in [6.07, 6.45) is 3.56. The second-order valence-corrected chi connectivity index (χ2v) is 10.7. The van der Waals surface area contributed by atoms with Crippen molar-refractivity contribution < 1.29 is 9.47 Å². The molecule has 31 heavy (non-hydrogen) atoms. The van der Waals surface area contributed by atoms with Gasteiger partial charge < -0.3 is 9.47 Å². The Kier molecular flexibility index (Phi) is 7.47. The van der Waals surface area contributed by atoms with E-state index in [1.54, 1.807) is 12.2 Å². The lowest BCUT2D eigenvalue weighted by Crippen LogP contribution is -2.29. The van der Waals surface area contributed by atoms with E-state index in [9.17, 15) is 0 Å². The Labute approximate surface area is 190 Å². The van der Waals surface area contributed by atoms with Crippen LogP contribution < -0.4 is 9.47 Å². The predicted molar refractivity (Wildman–Crippen MR) is 134 cm³/mol. The number of hydrogen-bond acceptors (Lipinski definition) is 2. The largest absolute Gasteiger partial charge is 0.490 e. The minimum absolute atomic E-state index is 0.0188. The highest BCUT2D eigenvalue weighted by Crippen LogP contribution is 2.44. The molecule has 2 rings (SSSR count). The Morgan fingerprint density at radius 2 is 0.968 bits per heavy atom. The zero-order valence-electron chi connectivity index (χ0n) is 20.8. The molecular weight excluding hydrogens is 380 g/mol. The molecule has 2 aromatic carbocycles. The second-order valence-electron chi connectivity index (χ2n) is 10.7. The summed E-state index contributed by atoms with van der Waals surface area (Å²) in [6.45, 7) is 26.7. The van der Waals surface area contributed by atoms with E-state index in [4.69, 9.17) is 9.47 Å². The predicted octanol–water partition coefficient (Wildman–Crippen LogP) is 7.74. The van der Waals surface area contributed by atoms with Crippen LogP contribution in [-0.4, -0.2) is 13.2 Å². The Balaban J connectivity index is 2.68. The minimum atomic E-state index is -0.195. The van der Waals surface area contributed by atoms with Gasteiger partial charge in [0.1, 0.15) is 24.7 Å². The summed E-state index contributed by atoms with van der Waals surface area (Å²) in [7, 11) is 0. The summed E-state index contributed by atoms with van der Waals surface area (Å²) < 4.78 is 11.7. The van der Waals surface area contributed by atoms with Crippen molar-refractivity contribution in [2.24, 2.45) is 0 Å². The van der Waals surface area contributed by atoms with Gasteiger partial charge >= 0.3 is 0 Å². The summed E-state index contributed by atoms with van der Waals surface area (Å²) in [6, 6.07) is 13.0. The molecule has 0 radical (unpaired) electrons. The average molecular weight is 421 g/mol. The van der Waals surface area contributed by atoms with Gasteiger partial charge in [0, 0.05) is 5.41 Å². The molecule has 0 N–H and O–H groups in total. The molecule has 0 aliphatic heterocycles. The first-order valence-corrected chi connectivity index (χ1v) is 11.1. The van der Waals surface area contributed by atoms with E-state index >= 15 is 0 Å². The highest BCUT2D eigenvalue weighted by Gasteiger charge is 2.34.